The lowest BCUT2D eigenvalue weighted by molar-refractivity contribution is -0.312. The average molecular weight is 907 g/mol. The minimum atomic E-state index is -1.58. The van der Waals surface area contributed by atoms with Crippen LogP contribution in [0.25, 0.3) is 0 Å². The first-order valence-electron chi connectivity index (χ1n) is 22.1. The molecule has 0 unspecified atom stereocenters. The van der Waals surface area contributed by atoms with E-state index in [1.165, 1.54) is 0 Å². The summed E-state index contributed by atoms with van der Waals surface area (Å²) in [4.78, 5) is 68.3. The number of hydrogen-bond acceptors (Lipinski definition) is 13. The summed E-state index contributed by atoms with van der Waals surface area (Å²) in [6.07, 6.45) is -8.24. The Labute approximate surface area is 388 Å². The Balaban J connectivity index is 1.13. The molecule has 0 N–H and O–H groups in total. The Bertz CT molecular complexity index is 2610. The van der Waals surface area contributed by atoms with Gasteiger partial charge >= 0.3 is 29.8 Å². The van der Waals surface area contributed by atoms with Crippen molar-refractivity contribution in [1.29, 1.82) is 0 Å². The molecule has 0 spiro atoms. The Morgan fingerprint density at radius 1 is 0.567 bits per heavy atom. The number of ether oxygens (including phenoxy) is 8. The number of esters is 5. The van der Waals surface area contributed by atoms with Crippen LogP contribution < -0.4 is 0 Å². The van der Waals surface area contributed by atoms with Crippen LogP contribution in [-0.4, -0.2) is 90.6 Å². The fourth-order valence-electron chi connectivity index (χ4n) is 8.86. The van der Waals surface area contributed by atoms with Gasteiger partial charge in [-0.1, -0.05) is 117 Å². The molecule has 2 aliphatic heterocycles. The van der Waals surface area contributed by atoms with Gasteiger partial charge in [0.25, 0.3) is 0 Å². The standard InChI is InChI=1S/C54H50O13/c1-35(61-47(56)37-22-12-6-13-23-37)30-31-54-52(2,3)32-41(33-53(54,4)67-54)62-51-45(66-50(59)40-28-18-9-19-29-40)44(65-49(58)39-26-16-8-17-27-39)43(64-48(57)38-24-14-7-15-25-38)42(63-51)34-60-46(55)36-20-10-5-11-21-36/h5-29,35,41-45,51H,32-34H2,1-4H3/t35-,41-,42+,43+,44-,45+,51+,53+,54-/m0/s1. The quantitative estimate of drug-likeness (QED) is 0.0481. The fourth-order valence-corrected chi connectivity index (χ4v) is 8.86. The number of carbonyl (C=O) groups excluding carboxylic acids is 5. The number of hydrogen-bond donors (Lipinski definition) is 0. The molecule has 13 nitrogen and oxygen atoms in total. The third-order valence-electron chi connectivity index (χ3n) is 12.2. The summed E-state index contributed by atoms with van der Waals surface area (Å²) < 4.78 is 50.2. The second-order valence-electron chi connectivity index (χ2n) is 17.5. The molecule has 13 heteroatoms. The molecule has 0 amide bonds. The lowest BCUT2D eigenvalue weighted by Gasteiger charge is -2.46. The molecule has 0 bridgehead atoms. The van der Waals surface area contributed by atoms with E-state index in [4.69, 9.17) is 37.9 Å². The van der Waals surface area contributed by atoms with Gasteiger partial charge in [0.1, 0.15) is 18.3 Å². The maximum Gasteiger partial charge on any atom is 0.339 e. The van der Waals surface area contributed by atoms with Crippen LogP contribution in [0.4, 0.5) is 0 Å². The van der Waals surface area contributed by atoms with Crippen LogP contribution in [0.2, 0.25) is 0 Å². The summed E-state index contributed by atoms with van der Waals surface area (Å²) in [5.41, 5.74) is -1.30. The first-order valence-corrected chi connectivity index (χ1v) is 22.1. The van der Waals surface area contributed by atoms with Gasteiger partial charge in [-0.15, -0.1) is 0 Å². The van der Waals surface area contributed by atoms with Gasteiger partial charge in [-0.05, 0) is 80.9 Å². The lowest BCUT2D eigenvalue weighted by atomic mass is 9.63. The van der Waals surface area contributed by atoms with E-state index in [1.807, 2.05) is 26.8 Å². The predicted molar refractivity (Wildman–Crippen MR) is 242 cm³/mol. The molecule has 0 radical (unpaired) electrons. The van der Waals surface area contributed by atoms with Crippen molar-refractivity contribution in [3.63, 3.8) is 0 Å². The predicted octanol–water partition coefficient (Wildman–Crippen LogP) is 8.23. The van der Waals surface area contributed by atoms with Crippen LogP contribution in [0.1, 0.15) is 92.3 Å². The highest BCUT2D eigenvalue weighted by Crippen LogP contribution is 2.65. The maximum absolute atomic E-state index is 14.1. The van der Waals surface area contributed by atoms with Crippen LogP contribution in [0, 0.1) is 17.3 Å². The molecule has 67 heavy (non-hydrogen) atoms. The molecular formula is C54H50O13. The van der Waals surface area contributed by atoms with Crippen LogP contribution in [0.15, 0.2) is 152 Å². The first-order chi connectivity index (χ1) is 32.3. The molecule has 1 aliphatic carbocycles. The largest absolute Gasteiger partial charge is 0.459 e. The summed E-state index contributed by atoms with van der Waals surface area (Å²) in [5.74, 6) is 2.78. The van der Waals surface area contributed by atoms with E-state index in [9.17, 15) is 24.0 Å². The highest BCUT2D eigenvalue weighted by Gasteiger charge is 2.76. The van der Waals surface area contributed by atoms with E-state index in [1.54, 1.807) is 153 Å². The molecule has 8 rings (SSSR count). The monoisotopic (exact) mass is 906 g/mol. The van der Waals surface area contributed by atoms with Gasteiger partial charge in [-0.25, -0.2) is 24.0 Å². The third-order valence-corrected chi connectivity index (χ3v) is 12.2. The van der Waals surface area contributed by atoms with Crippen molar-refractivity contribution in [3.8, 4) is 11.8 Å². The smallest absolute Gasteiger partial charge is 0.339 e. The number of fused-ring (bicyclic) bond motifs is 1. The minimum Gasteiger partial charge on any atom is -0.459 e. The van der Waals surface area contributed by atoms with Gasteiger partial charge in [-0.2, -0.15) is 0 Å². The van der Waals surface area contributed by atoms with E-state index in [0.717, 1.165) is 0 Å². The van der Waals surface area contributed by atoms with Crippen molar-refractivity contribution in [2.24, 2.45) is 5.41 Å². The average Bonchev–Trinajstić information content (AvgIpc) is 3.98. The molecule has 2 heterocycles. The molecule has 3 aliphatic rings. The summed E-state index contributed by atoms with van der Waals surface area (Å²) in [7, 11) is 0. The molecule has 9 atom stereocenters. The van der Waals surface area contributed by atoms with Crippen molar-refractivity contribution in [3.05, 3.63) is 179 Å². The third kappa shape index (κ3) is 10.3. The highest BCUT2D eigenvalue weighted by atomic mass is 16.7. The molecule has 3 fully saturated rings. The van der Waals surface area contributed by atoms with Crippen LogP contribution >= 0.6 is 0 Å². The van der Waals surface area contributed by atoms with Crippen LogP contribution in [0.3, 0.4) is 0 Å². The van der Waals surface area contributed by atoms with Crippen molar-refractivity contribution < 1.29 is 61.9 Å². The number of epoxide rings is 1. The maximum atomic E-state index is 14.1. The molecule has 1 saturated carbocycles. The number of carbonyl (C=O) groups is 5. The SMILES string of the molecule is C[C@@H](C#C[C@@]12O[C@]1(C)C[C@@H](O[C@@H]1O[C@H](COC(=O)c3ccccc3)[C@@H](OC(=O)c3ccccc3)[C@H](OC(=O)c3ccccc3)[C@H]1OC(=O)c1ccccc1)CC2(C)C)OC(=O)c1ccccc1. The van der Waals surface area contributed by atoms with Gasteiger partial charge in [-0.3, -0.25) is 0 Å². The Kier molecular flexibility index (Phi) is 13.7. The molecule has 2 saturated heterocycles. The van der Waals surface area contributed by atoms with Crippen molar-refractivity contribution >= 4 is 29.8 Å². The molecule has 5 aromatic rings. The van der Waals surface area contributed by atoms with E-state index < -0.39 is 96.0 Å². The van der Waals surface area contributed by atoms with E-state index in [-0.39, 0.29) is 28.7 Å². The molecule has 5 aromatic carbocycles. The van der Waals surface area contributed by atoms with E-state index >= 15 is 0 Å². The molecular weight excluding hydrogens is 857 g/mol. The zero-order valence-electron chi connectivity index (χ0n) is 37.4. The summed E-state index contributed by atoms with van der Waals surface area (Å²) >= 11 is 0. The van der Waals surface area contributed by atoms with Crippen molar-refractivity contribution in [2.75, 3.05) is 6.61 Å². The van der Waals surface area contributed by atoms with E-state index in [2.05, 4.69) is 11.8 Å². The zero-order chi connectivity index (χ0) is 47.2. The second kappa shape index (κ2) is 19.8. The zero-order valence-corrected chi connectivity index (χ0v) is 37.4. The van der Waals surface area contributed by atoms with Gasteiger partial charge < -0.3 is 37.9 Å². The Hall–Kier alpha value is -7.11. The summed E-state index contributed by atoms with van der Waals surface area (Å²) in [6, 6.07) is 41.4. The first kappa shape index (κ1) is 46.4. The second-order valence-corrected chi connectivity index (χ2v) is 17.5. The van der Waals surface area contributed by atoms with Gasteiger partial charge in [0, 0.05) is 11.8 Å². The number of rotatable bonds is 13. The van der Waals surface area contributed by atoms with Crippen LogP contribution in [-0.2, 0) is 37.9 Å². The van der Waals surface area contributed by atoms with Gasteiger partial charge in [0.2, 0.25) is 0 Å². The normalized spacial score (nSPS) is 26.1. The van der Waals surface area contributed by atoms with Gasteiger partial charge in [0.15, 0.2) is 36.3 Å². The van der Waals surface area contributed by atoms with Crippen molar-refractivity contribution in [1.82, 2.24) is 0 Å². The van der Waals surface area contributed by atoms with Crippen molar-refractivity contribution in [2.45, 2.75) is 94.7 Å². The van der Waals surface area contributed by atoms with E-state index in [0.29, 0.717) is 12.0 Å². The Morgan fingerprint density at radius 2 is 0.985 bits per heavy atom. The Morgan fingerprint density at radius 3 is 1.45 bits per heavy atom. The summed E-state index contributed by atoms with van der Waals surface area (Å²) in [5, 5.41) is 0. The topological polar surface area (TPSA) is 162 Å². The molecule has 0 aromatic heterocycles. The lowest BCUT2D eigenvalue weighted by Crippen LogP contribution is -2.64. The minimum absolute atomic E-state index is 0.161. The summed E-state index contributed by atoms with van der Waals surface area (Å²) in [6.45, 7) is 7.10. The molecule has 344 valence electrons. The number of benzene rings is 5. The fraction of sp³-hybridized carbons (Fsp3) is 0.315. The van der Waals surface area contributed by atoms with Crippen LogP contribution in [0.5, 0.6) is 0 Å². The van der Waals surface area contributed by atoms with Gasteiger partial charge in [0.05, 0.1) is 33.9 Å². The highest BCUT2D eigenvalue weighted by molar-refractivity contribution is 5.92.